The van der Waals surface area contributed by atoms with E-state index in [1.807, 2.05) is 18.2 Å². The molecular formula is C16H16N4O3. The van der Waals surface area contributed by atoms with Gasteiger partial charge in [0.1, 0.15) is 0 Å². The molecule has 23 heavy (non-hydrogen) atoms. The van der Waals surface area contributed by atoms with Crippen LogP contribution in [0.5, 0.6) is 0 Å². The summed E-state index contributed by atoms with van der Waals surface area (Å²) in [4.78, 5) is 24.0. The normalized spacial score (nSPS) is 10.7. The molecule has 0 bridgehead atoms. The van der Waals surface area contributed by atoms with E-state index in [1.165, 1.54) is 16.8 Å². The van der Waals surface area contributed by atoms with Gasteiger partial charge in [-0.15, -0.1) is 0 Å². The number of esters is 1. The van der Waals surface area contributed by atoms with Crippen LogP contribution in [0.1, 0.15) is 17.3 Å². The van der Waals surface area contributed by atoms with Crippen molar-refractivity contribution in [1.82, 2.24) is 14.8 Å². The van der Waals surface area contributed by atoms with E-state index in [4.69, 9.17) is 4.74 Å². The molecule has 0 radical (unpaired) electrons. The van der Waals surface area contributed by atoms with E-state index in [9.17, 15) is 9.59 Å². The quantitative estimate of drug-likeness (QED) is 0.721. The molecule has 2 aromatic heterocycles. The molecule has 3 aromatic rings. The Kier molecular flexibility index (Phi) is 3.84. The first-order valence-electron chi connectivity index (χ1n) is 7.16. The van der Waals surface area contributed by atoms with Gasteiger partial charge >= 0.3 is 5.97 Å². The predicted molar refractivity (Wildman–Crippen MR) is 87.0 cm³/mol. The number of rotatable bonds is 4. The lowest BCUT2D eigenvalue weighted by Gasteiger charge is -2.12. The Labute approximate surface area is 131 Å². The lowest BCUT2D eigenvalue weighted by molar-refractivity contribution is 0.0526. The zero-order chi connectivity index (χ0) is 16.4. The number of carbonyl (C=O) groups is 1. The van der Waals surface area contributed by atoms with Gasteiger partial charge in [0.25, 0.3) is 5.56 Å². The minimum Gasteiger partial charge on any atom is -0.462 e. The van der Waals surface area contributed by atoms with Gasteiger partial charge in [0.15, 0.2) is 0 Å². The van der Waals surface area contributed by atoms with Crippen LogP contribution in [0.25, 0.3) is 10.9 Å². The Morgan fingerprint density at radius 1 is 1.39 bits per heavy atom. The smallest absolute Gasteiger partial charge is 0.341 e. The molecule has 7 heteroatoms. The summed E-state index contributed by atoms with van der Waals surface area (Å²) >= 11 is 0. The number of fused-ring (bicyclic) bond motifs is 1. The third-order valence-electron chi connectivity index (χ3n) is 3.44. The van der Waals surface area contributed by atoms with Crippen LogP contribution >= 0.6 is 0 Å². The number of carbonyl (C=O) groups excluding carboxylic acids is 1. The molecule has 7 nitrogen and oxygen atoms in total. The number of hydrogen-bond donors (Lipinski definition) is 2. The topological polar surface area (TPSA) is 89.0 Å². The SMILES string of the molecule is CCOC(=O)c1cn(C)c(=O)cc1Nc1ccc2[nH]ncc2c1. The van der Waals surface area contributed by atoms with E-state index in [0.717, 1.165) is 16.6 Å². The summed E-state index contributed by atoms with van der Waals surface area (Å²) in [5.74, 6) is -0.477. The van der Waals surface area contributed by atoms with Gasteiger partial charge in [-0.1, -0.05) is 0 Å². The zero-order valence-electron chi connectivity index (χ0n) is 12.8. The van der Waals surface area contributed by atoms with Gasteiger partial charge in [-0.3, -0.25) is 9.89 Å². The average molecular weight is 312 g/mol. The van der Waals surface area contributed by atoms with Crippen LogP contribution in [-0.4, -0.2) is 27.3 Å². The molecule has 118 valence electrons. The second kappa shape index (κ2) is 5.96. The third-order valence-corrected chi connectivity index (χ3v) is 3.44. The maximum atomic E-state index is 12.1. The predicted octanol–water partition coefficient (Wildman–Crippen LogP) is 2.18. The van der Waals surface area contributed by atoms with Crippen molar-refractivity contribution in [3.8, 4) is 0 Å². The molecule has 0 saturated carbocycles. The van der Waals surface area contributed by atoms with Crippen molar-refractivity contribution in [3.05, 3.63) is 52.6 Å². The minimum absolute atomic E-state index is 0.218. The van der Waals surface area contributed by atoms with Crippen molar-refractivity contribution in [1.29, 1.82) is 0 Å². The molecule has 1 aromatic carbocycles. The van der Waals surface area contributed by atoms with E-state index in [-0.39, 0.29) is 12.2 Å². The monoisotopic (exact) mass is 312 g/mol. The second-order valence-corrected chi connectivity index (χ2v) is 5.07. The maximum absolute atomic E-state index is 12.1. The molecule has 3 rings (SSSR count). The summed E-state index contributed by atoms with van der Waals surface area (Å²) in [5, 5.41) is 10.9. The maximum Gasteiger partial charge on any atom is 0.341 e. The van der Waals surface area contributed by atoms with Crippen molar-refractivity contribution in [3.63, 3.8) is 0 Å². The van der Waals surface area contributed by atoms with Gasteiger partial charge in [0, 0.05) is 30.4 Å². The summed E-state index contributed by atoms with van der Waals surface area (Å²) < 4.78 is 6.39. The molecule has 2 N–H and O–H groups in total. The summed E-state index contributed by atoms with van der Waals surface area (Å²) in [5.41, 5.74) is 2.16. The van der Waals surface area contributed by atoms with Crippen LogP contribution in [0.3, 0.4) is 0 Å². The average Bonchev–Trinajstić information content (AvgIpc) is 2.98. The number of aromatic nitrogens is 3. The number of hydrogen-bond acceptors (Lipinski definition) is 5. The molecule has 0 unspecified atom stereocenters. The first-order valence-corrected chi connectivity index (χ1v) is 7.16. The Morgan fingerprint density at radius 2 is 2.22 bits per heavy atom. The fourth-order valence-electron chi connectivity index (χ4n) is 2.28. The second-order valence-electron chi connectivity index (χ2n) is 5.07. The van der Waals surface area contributed by atoms with Crippen molar-refractivity contribution in [2.75, 3.05) is 11.9 Å². The van der Waals surface area contributed by atoms with Crippen molar-refractivity contribution >= 4 is 28.2 Å². The highest BCUT2D eigenvalue weighted by molar-refractivity contribution is 5.96. The fraction of sp³-hybridized carbons (Fsp3) is 0.188. The van der Waals surface area contributed by atoms with Crippen LogP contribution < -0.4 is 10.9 Å². The summed E-state index contributed by atoms with van der Waals surface area (Å²) in [6, 6.07) is 6.97. The van der Waals surface area contributed by atoms with Crippen molar-refractivity contribution < 1.29 is 9.53 Å². The third kappa shape index (κ3) is 2.94. The van der Waals surface area contributed by atoms with Crippen molar-refractivity contribution in [2.45, 2.75) is 6.92 Å². The van der Waals surface area contributed by atoms with Crippen LogP contribution in [0.4, 0.5) is 11.4 Å². The largest absolute Gasteiger partial charge is 0.462 e. The van der Waals surface area contributed by atoms with Gasteiger partial charge in [0.2, 0.25) is 0 Å². The number of benzene rings is 1. The Hall–Kier alpha value is -3.09. The summed E-state index contributed by atoms with van der Waals surface area (Å²) in [6.07, 6.45) is 3.18. The van der Waals surface area contributed by atoms with Gasteiger partial charge in [0.05, 0.1) is 29.6 Å². The number of pyridine rings is 1. The van der Waals surface area contributed by atoms with Crippen LogP contribution in [0, 0.1) is 0 Å². The Bertz CT molecular complexity index is 926. The molecule has 0 fully saturated rings. The van der Waals surface area contributed by atoms with Crippen molar-refractivity contribution in [2.24, 2.45) is 7.05 Å². The van der Waals surface area contributed by atoms with E-state index in [0.29, 0.717) is 11.3 Å². The lowest BCUT2D eigenvalue weighted by atomic mass is 10.2. The molecule has 0 aliphatic carbocycles. The van der Waals surface area contributed by atoms with Gasteiger partial charge in [-0.05, 0) is 25.1 Å². The molecule has 0 aliphatic rings. The molecule has 0 amide bonds. The molecule has 2 heterocycles. The van der Waals surface area contributed by atoms with E-state index >= 15 is 0 Å². The van der Waals surface area contributed by atoms with E-state index in [2.05, 4.69) is 15.5 Å². The molecule has 0 aliphatic heterocycles. The highest BCUT2D eigenvalue weighted by atomic mass is 16.5. The number of nitrogens with one attached hydrogen (secondary N) is 2. The minimum atomic E-state index is -0.477. The fourth-order valence-corrected chi connectivity index (χ4v) is 2.28. The molecule has 0 atom stereocenters. The van der Waals surface area contributed by atoms with Crippen LogP contribution in [0.2, 0.25) is 0 Å². The van der Waals surface area contributed by atoms with Crippen LogP contribution in [0.15, 0.2) is 41.5 Å². The summed E-state index contributed by atoms with van der Waals surface area (Å²) in [6.45, 7) is 2.00. The first-order chi connectivity index (χ1) is 11.1. The zero-order valence-corrected chi connectivity index (χ0v) is 12.8. The number of aryl methyl sites for hydroxylation is 1. The molecule has 0 saturated heterocycles. The van der Waals surface area contributed by atoms with Gasteiger partial charge in [-0.2, -0.15) is 5.10 Å². The van der Waals surface area contributed by atoms with Gasteiger partial charge in [-0.25, -0.2) is 4.79 Å². The molecular weight excluding hydrogens is 296 g/mol. The first kappa shape index (κ1) is 14.8. The number of ether oxygens (including phenoxy) is 1. The number of aromatic amines is 1. The van der Waals surface area contributed by atoms with E-state index in [1.54, 1.807) is 20.2 Å². The molecule has 0 spiro atoms. The standard InChI is InChI=1S/C16H16N4O3/c1-3-23-16(22)12-9-20(2)15(21)7-14(12)18-11-4-5-13-10(6-11)8-17-19-13/h4-9,18H,3H2,1-2H3,(H,17,19). The number of anilines is 2. The summed E-state index contributed by atoms with van der Waals surface area (Å²) in [7, 11) is 1.59. The van der Waals surface area contributed by atoms with Gasteiger partial charge < -0.3 is 14.6 Å². The van der Waals surface area contributed by atoms with Crippen LogP contribution in [-0.2, 0) is 11.8 Å². The highest BCUT2D eigenvalue weighted by Crippen LogP contribution is 2.23. The lowest BCUT2D eigenvalue weighted by Crippen LogP contribution is -2.20. The Balaban J connectivity index is 2.01. The highest BCUT2D eigenvalue weighted by Gasteiger charge is 2.15. The number of nitrogens with zero attached hydrogens (tertiary/aromatic N) is 2. The Morgan fingerprint density at radius 3 is 3.00 bits per heavy atom. The van der Waals surface area contributed by atoms with E-state index < -0.39 is 5.97 Å². The number of H-pyrrole nitrogens is 1.